The van der Waals surface area contributed by atoms with Gasteiger partial charge in [0.15, 0.2) is 0 Å². The molecule has 4 heteroatoms. The van der Waals surface area contributed by atoms with Crippen LogP contribution in [0.15, 0.2) is 5.38 Å². The second-order valence-electron chi connectivity index (χ2n) is 4.45. The molecule has 0 saturated heterocycles. The van der Waals surface area contributed by atoms with Gasteiger partial charge in [-0.25, -0.2) is 4.98 Å². The predicted molar refractivity (Wildman–Crippen MR) is 63.6 cm³/mol. The van der Waals surface area contributed by atoms with E-state index in [0.29, 0.717) is 6.04 Å². The summed E-state index contributed by atoms with van der Waals surface area (Å²) in [5, 5.41) is 3.28. The number of rotatable bonds is 6. The van der Waals surface area contributed by atoms with Crippen LogP contribution in [0.5, 0.6) is 0 Å². The van der Waals surface area contributed by atoms with Crippen molar-refractivity contribution in [3.05, 3.63) is 16.1 Å². The number of hydrogen-bond acceptors (Lipinski definition) is 4. The molecule has 1 fully saturated rings. The van der Waals surface area contributed by atoms with Crippen molar-refractivity contribution in [2.24, 2.45) is 11.8 Å². The van der Waals surface area contributed by atoms with E-state index in [0.717, 1.165) is 17.3 Å². The smallest absolute Gasteiger partial charge is 0.0897 e. The summed E-state index contributed by atoms with van der Waals surface area (Å²) in [5.74, 6) is 6.54. The van der Waals surface area contributed by atoms with Gasteiger partial charge in [0.25, 0.3) is 0 Å². The molecule has 1 unspecified atom stereocenters. The number of thiazole rings is 1. The lowest BCUT2D eigenvalue weighted by molar-refractivity contribution is 0.459. The minimum Gasteiger partial charge on any atom is -0.271 e. The van der Waals surface area contributed by atoms with Crippen LogP contribution < -0.4 is 11.3 Å². The molecule has 2 rings (SSSR count). The quantitative estimate of drug-likeness (QED) is 0.575. The summed E-state index contributed by atoms with van der Waals surface area (Å²) in [6.07, 6.45) is 6.31. The Bertz CT molecular complexity index is 307. The van der Waals surface area contributed by atoms with Gasteiger partial charge < -0.3 is 0 Å². The van der Waals surface area contributed by atoms with Gasteiger partial charge in [0.1, 0.15) is 0 Å². The Morgan fingerprint density at radius 1 is 1.67 bits per heavy atom. The van der Waals surface area contributed by atoms with Crippen LogP contribution in [0.25, 0.3) is 0 Å². The average Bonchev–Trinajstić information content (AvgIpc) is 2.97. The number of aryl methyl sites for hydroxylation is 1. The molecule has 0 bridgehead atoms. The topological polar surface area (TPSA) is 50.9 Å². The second-order valence-corrected chi connectivity index (χ2v) is 5.51. The highest BCUT2D eigenvalue weighted by Gasteiger charge is 2.22. The summed E-state index contributed by atoms with van der Waals surface area (Å²) >= 11 is 1.71. The SMILES string of the molecule is Cc1nc(CC(CCC2CC2)NN)cs1. The first-order valence-electron chi connectivity index (χ1n) is 5.65. The van der Waals surface area contributed by atoms with Crippen LogP contribution in [0.1, 0.15) is 36.4 Å². The fourth-order valence-electron chi connectivity index (χ4n) is 1.84. The first-order valence-corrected chi connectivity index (χ1v) is 6.53. The van der Waals surface area contributed by atoms with Gasteiger partial charge in [0, 0.05) is 17.8 Å². The highest BCUT2D eigenvalue weighted by molar-refractivity contribution is 7.09. The fourth-order valence-corrected chi connectivity index (χ4v) is 2.47. The van der Waals surface area contributed by atoms with Crippen molar-refractivity contribution in [1.82, 2.24) is 10.4 Å². The maximum Gasteiger partial charge on any atom is 0.0897 e. The Morgan fingerprint density at radius 2 is 2.47 bits per heavy atom. The lowest BCUT2D eigenvalue weighted by Crippen LogP contribution is -2.36. The second kappa shape index (κ2) is 5.05. The molecule has 1 heterocycles. The molecule has 0 aliphatic heterocycles. The third-order valence-electron chi connectivity index (χ3n) is 2.98. The van der Waals surface area contributed by atoms with Crippen molar-refractivity contribution in [2.45, 2.75) is 45.1 Å². The molecular formula is C11H19N3S. The monoisotopic (exact) mass is 225 g/mol. The highest BCUT2D eigenvalue weighted by Crippen LogP contribution is 2.34. The maximum absolute atomic E-state index is 5.56. The first-order chi connectivity index (χ1) is 7.28. The van der Waals surface area contributed by atoms with E-state index in [9.17, 15) is 0 Å². The summed E-state index contributed by atoms with van der Waals surface area (Å²) in [6.45, 7) is 2.04. The highest BCUT2D eigenvalue weighted by atomic mass is 32.1. The molecule has 3 nitrogen and oxygen atoms in total. The molecule has 1 saturated carbocycles. The maximum atomic E-state index is 5.56. The molecule has 1 aromatic heterocycles. The largest absolute Gasteiger partial charge is 0.271 e. The third kappa shape index (κ3) is 3.55. The lowest BCUT2D eigenvalue weighted by Gasteiger charge is -2.13. The molecule has 15 heavy (non-hydrogen) atoms. The zero-order valence-corrected chi connectivity index (χ0v) is 10.0. The normalized spacial score (nSPS) is 18.0. The Kier molecular flexibility index (Phi) is 3.72. The predicted octanol–water partition coefficient (Wildman–Crippen LogP) is 2.02. The fraction of sp³-hybridized carbons (Fsp3) is 0.727. The molecule has 0 radical (unpaired) electrons. The van der Waals surface area contributed by atoms with Crippen molar-refractivity contribution in [1.29, 1.82) is 0 Å². The van der Waals surface area contributed by atoms with Crippen molar-refractivity contribution in [2.75, 3.05) is 0 Å². The van der Waals surface area contributed by atoms with E-state index >= 15 is 0 Å². The third-order valence-corrected chi connectivity index (χ3v) is 3.80. The minimum atomic E-state index is 0.395. The lowest BCUT2D eigenvalue weighted by atomic mass is 10.1. The van der Waals surface area contributed by atoms with Crippen molar-refractivity contribution in [3.8, 4) is 0 Å². The van der Waals surface area contributed by atoms with E-state index < -0.39 is 0 Å². The summed E-state index contributed by atoms with van der Waals surface area (Å²) in [5.41, 5.74) is 4.08. The molecule has 0 spiro atoms. The van der Waals surface area contributed by atoms with Crippen molar-refractivity contribution < 1.29 is 0 Å². The van der Waals surface area contributed by atoms with Gasteiger partial charge in [-0.1, -0.05) is 12.8 Å². The number of aromatic nitrogens is 1. The summed E-state index contributed by atoms with van der Waals surface area (Å²) in [6, 6.07) is 0.395. The Labute approximate surface area is 95.1 Å². The average molecular weight is 225 g/mol. The van der Waals surface area contributed by atoms with E-state index in [-0.39, 0.29) is 0 Å². The Balaban J connectivity index is 1.78. The molecule has 3 N–H and O–H groups in total. The van der Waals surface area contributed by atoms with E-state index in [1.165, 1.54) is 31.4 Å². The Morgan fingerprint density at radius 3 is 3.00 bits per heavy atom. The summed E-state index contributed by atoms with van der Waals surface area (Å²) in [7, 11) is 0. The number of nitrogens with two attached hydrogens (primary N) is 1. The van der Waals surface area contributed by atoms with Crippen LogP contribution in [-0.2, 0) is 6.42 Å². The summed E-state index contributed by atoms with van der Waals surface area (Å²) in [4.78, 5) is 4.46. The van der Waals surface area contributed by atoms with Crippen LogP contribution in [0.2, 0.25) is 0 Å². The number of nitrogens with zero attached hydrogens (tertiary/aromatic N) is 1. The Hall–Kier alpha value is -0.450. The van der Waals surface area contributed by atoms with Crippen molar-refractivity contribution >= 4 is 11.3 Å². The number of hydrazine groups is 1. The van der Waals surface area contributed by atoms with Gasteiger partial charge >= 0.3 is 0 Å². The zero-order chi connectivity index (χ0) is 10.7. The van der Waals surface area contributed by atoms with E-state index in [1.54, 1.807) is 11.3 Å². The molecule has 1 atom stereocenters. The molecule has 1 aliphatic rings. The zero-order valence-electron chi connectivity index (χ0n) is 9.20. The van der Waals surface area contributed by atoms with Gasteiger partial charge in [-0.05, 0) is 25.7 Å². The van der Waals surface area contributed by atoms with E-state index in [4.69, 9.17) is 5.84 Å². The number of nitrogens with one attached hydrogen (secondary N) is 1. The van der Waals surface area contributed by atoms with E-state index in [2.05, 4.69) is 15.8 Å². The molecule has 84 valence electrons. The minimum absolute atomic E-state index is 0.395. The first kappa shape index (κ1) is 11.0. The van der Waals surface area contributed by atoms with E-state index in [1.807, 2.05) is 6.92 Å². The van der Waals surface area contributed by atoms with Gasteiger partial charge in [-0.2, -0.15) is 0 Å². The van der Waals surface area contributed by atoms with Crippen LogP contribution in [0.3, 0.4) is 0 Å². The molecule has 0 aromatic carbocycles. The molecule has 1 aromatic rings. The van der Waals surface area contributed by atoms with Crippen molar-refractivity contribution in [3.63, 3.8) is 0 Å². The summed E-state index contributed by atoms with van der Waals surface area (Å²) < 4.78 is 0. The van der Waals surface area contributed by atoms with Crippen LogP contribution >= 0.6 is 11.3 Å². The van der Waals surface area contributed by atoms with Crippen LogP contribution in [0.4, 0.5) is 0 Å². The number of hydrogen-bond donors (Lipinski definition) is 2. The molecular weight excluding hydrogens is 206 g/mol. The van der Waals surface area contributed by atoms with Crippen LogP contribution in [0, 0.1) is 12.8 Å². The van der Waals surface area contributed by atoms with Gasteiger partial charge in [-0.15, -0.1) is 11.3 Å². The standard InChI is InChI=1S/C11H19N3S/c1-8-13-11(7-15-8)6-10(14-12)5-4-9-2-3-9/h7,9-10,14H,2-6,12H2,1H3. The van der Waals surface area contributed by atoms with Gasteiger partial charge in [0.2, 0.25) is 0 Å². The van der Waals surface area contributed by atoms with Gasteiger partial charge in [0.05, 0.1) is 10.7 Å². The molecule has 0 amide bonds. The van der Waals surface area contributed by atoms with Gasteiger partial charge in [-0.3, -0.25) is 11.3 Å². The van der Waals surface area contributed by atoms with Crippen LogP contribution in [-0.4, -0.2) is 11.0 Å². The molecule has 1 aliphatic carbocycles.